The molecule has 0 radical (unpaired) electrons. The highest BCUT2D eigenvalue weighted by molar-refractivity contribution is 5.45. The predicted octanol–water partition coefficient (Wildman–Crippen LogP) is 3.49. The number of pyridine rings is 1. The van der Waals surface area contributed by atoms with Gasteiger partial charge in [0.05, 0.1) is 12.7 Å². The van der Waals surface area contributed by atoms with Gasteiger partial charge in [0.25, 0.3) is 11.9 Å². The zero-order chi connectivity index (χ0) is 17.1. The Kier molecular flexibility index (Phi) is 4.45. The second-order valence-electron chi connectivity index (χ2n) is 5.08. The van der Waals surface area contributed by atoms with E-state index in [1.54, 1.807) is 10.9 Å². The fourth-order valence-corrected chi connectivity index (χ4v) is 2.19. The van der Waals surface area contributed by atoms with Gasteiger partial charge in [0.2, 0.25) is 11.6 Å². The highest BCUT2D eigenvalue weighted by Crippen LogP contribution is 2.22. The van der Waals surface area contributed by atoms with E-state index in [2.05, 4.69) is 15.4 Å². The highest BCUT2D eigenvalue weighted by atomic mass is 19.2. The molecule has 124 valence electrons. The van der Waals surface area contributed by atoms with Crippen molar-refractivity contribution >= 4 is 5.69 Å². The van der Waals surface area contributed by atoms with E-state index in [0.29, 0.717) is 12.1 Å². The summed E-state index contributed by atoms with van der Waals surface area (Å²) in [5, 5.41) is 6.47. The number of aromatic nitrogens is 3. The lowest BCUT2D eigenvalue weighted by Gasteiger charge is -2.08. The van der Waals surface area contributed by atoms with Crippen LogP contribution in [0.2, 0.25) is 0 Å². The van der Waals surface area contributed by atoms with Crippen LogP contribution < -0.4 is 5.32 Å². The molecule has 2 aromatic heterocycles. The summed E-state index contributed by atoms with van der Waals surface area (Å²) >= 11 is 0. The Morgan fingerprint density at radius 1 is 0.917 bits per heavy atom. The van der Waals surface area contributed by atoms with E-state index in [1.807, 2.05) is 30.3 Å². The van der Waals surface area contributed by atoms with Crippen molar-refractivity contribution in [1.29, 1.82) is 0 Å². The van der Waals surface area contributed by atoms with Crippen molar-refractivity contribution in [2.45, 2.75) is 13.1 Å². The summed E-state index contributed by atoms with van der Waals surface area (Å²) in [5.41, 5.74) is 0.744. The number of hydrogen-bond donors (Lipinski definition) is 1. The number of anilines is 1. The molecule has 0 atom stereocenters. The van der Waals surface area contributed by atoms with Crippen molar-refractivity contribution in [2.24, 2.45) is 0 Å². The minimum atomic E-state index is -1.70. The van der Waals surface area contributed by atoms with Gasteiger partial charge in [-0.05, 0) is 5.56 Å². The van der Waals surface area contributed by atoms with Gasteiger partial charge in [-0.1, -0.05) is 30.3 Å². The molecule has 2 heterocycles. The van der Waals surface area contributed by atoms with Crippen LogP contribution in [0, 0.1) is 23.5 Å². The molecule has 0 bridgehead atoms. The van der Waals surface area contributed by atoms with E-state index in [-0.39, 0.29) is 6.54 Å². The second-order valence-corrected chi connectivity index (χ2v) is 5.08. The van der Waals surface area contributed by atoms with Crippen molar-refractivity contribution in [3.05, 3.63) is 77.4 Å². The molecule has 0 aliphatic carbocycles. The van der Waals surface area contributed by atoms with Crippen LogP contribution in [-0.2, 0) is 13.1 Å². The zero-order valence-corrected chi connectivity index (χ0v) is 12.3. The molecule has 8 heteroatoms. The molecular formula is C16H12F4N4. The molecule has 1 aromatic carbocycles. The number of nitrogens with zero attached hydrogens (tertiary/aromatic N) is 3. The zero-order valence-electron chi connectivity index (χ0n) is 12.3. The van der Waals surface area contributed by atoms with Gasteiger partial charge in [-0.3, -0.25) is 4.68 Å². The minimum Gasteiger partial charge on any atom is -0.376 e. The number of hydrogen-bond acceptors (Lipinski definition) is 3. The normalized spacial score (nSPS) is 10.8. The summed E-state index contributed by atoms with van der Waals surface area (Å²) in [7, 11) is 0. The average molecular weight is 336 g/mol. The Labute approximate surface area is 134 Å². The Hall–Kier alpha value is -2.90. The van der Waals surface area contributed by atoms with E-state index >= 15 is 0 Å². The van der Waals surface area contributed by atoms with Crippen molar-refractivity contribution in [1.82, 2.24) is 14.8 Å². The van der Waals surface area contributed by atoms with Crippen LogP contribution in [0.5, 0.6) is 0 Å². The molecule has 0 unspecified atom stereocenters. The van der Waals surface area contributed by atoms with Crippen LogP contribution in [0.4, 0.5) is 23.2 Å². The molecule has 0 saturated heterocycles. The van der Waals surface area contributed by atoms with Gasteiger partial charge >= 0.3 is 0 Å². The van der Waals surface area contributed by atoms with Gasteiger partial charge in [-0.15, -0.1) is 0 Å². The highest BCUT2D eigenvalue weighted by Gasteiger charge is 2.20. The number of halogens is 4. The maximum Gasteiger partial charge on any atom is 0.253 e. The van der Waals surface area contributed by atoms with Crippen molar-refractivity contribution in [3.63, 3.8) is 0 Å². The topological polar surface area (TPSA) is 42.7 Å². The van der Waals surface area contributed by atoms with Crippen LogP contribution >= 0.6 is 0 Å². The molecule has 3 aromatic rings. The summed E-state index contributed by atoms with van der Waals surface area (Å²) in [6, 6.07) is 9.58. The molecule has 0 saturated carbocycles. The molecule has 0 fully saturated rings. The molecule has 1 N–H and O–H groups in total. The van der Waals surface area contributed by atoms with Crippen LogP contribution in [0.3, 0.4) is 0 Å². The summed E-state index contributed by atoms with van der Waals surface area (Å²) in [4.78, 5) is 2.50. The van der Waals surface area contributed by atoms with Crippen molar-refractivity contribution in [2.75, 3.05) is 5.32 Å². The van der Waals surface area contributed by atoms with E-state index < -0.39 is 29.2 Å². The fraction of sp³-hybridized carbons (Fsp3) is 0.125. The minimum absolute atomic E-state index is 0.0501. The Bertz CT molecular complexity index is 823. The molecule has 3 rings (SSSR count). The molecular weight excluding hydrogens is 324 g/mol. The standard InChI is InChI=1S/C16H12F4N4/c17-12-14(13(18)16(20)23-15(12)19)21-6-11-7-22-24(9-11)8-10-4-2-1-3-5-10/h1-5,7,9H,6,8H2,(H,21,23). The SMILES string of the molecule is Fc1nc(F)c(F)c(NCc2cnn(Cc3ccccc3)c2)c1F. The third-order valence-corrected chi connectivity index (χ3v) is 3.34. The lowest BCUT2D eigenvalue weighted by molar-refractivity contribution is 0.410. The smallest absolute Gasteiger partial charge is 0.253 e. The summed E-state index contributed by atoms with van der Waals surface area (Å²) < 4.78 is 54.8. The van der Waals surface area contributed by atoms with Gasteiger partial charge in [0.1, 0.15) is 5.69 Å². The lowest BCUT2D eigenvalue weighted by Crippen LogP contribution is -2.09. The van der Waals surface area contributed by atoms with Gasteiger partial charge in [0.15, 0.2) is 0 Å². The summed E-state index contributed by atoms with van der Waals surface area (Å²) in [5.74, 6) is -6.52. The number of benzene rings is 1. The van der Waals surface area contributed by atoms with Crippen LogP contribution in [0.25, 0.3) is 0 Å². The van der Waals surface area contributed by atoms with Crippen LogP contribution in [0.15, 0.2) is 42.7 Å². The largest absolute Gasteiger partial charge is 0.376 e. The number of nitrogens with one attached hydrogen (secondary N) is 1. The van der Waals surface area contributed by atoms with E-state index in [4.69, 9.17) is 0 Å². The first-order valence-electron chi connectivity index (χ1n) is 7.03. The van der Waals surface area contributed by atoms with Gasteiger partial charge in [0, 0.05) is 18.3 Å². The third kappa shape index (κ3) is 3.37. The average Bonchev–Trinajstić information content (AvgIpc) is 3.01. The first-order valence-corrected chi connectivity index (χ1v) is 7.03. The first-order chi connectivity index (χ1) is 11.5. The molecule has 0 aliphatic rings. The number of rotatable bonds is 5. The van der Waals surface area contributed by atoms with Gasteiger partial charge < -0.3 is 5.32 Å². The predicted molar refractivity (Wildman–Crippen MR) is 79.2 cm³/mol. The second kappa shape index (κ2) is 6.69. The van der Waals surface area contributed by atoms with Crippen molar-refractivity contribution < 1.29 is 17.6 Å². The third-order valence-electron chi connectivity index (χ3n) is 3.34. The van der Waals surface area contributed by atoms with Crippen LogP contribution in [0.1, 0.15) is 11.1 Å². The maximum atomic E-state index is 13.5. The monoisotopic (exact) mass is 336 g/mol. The quantitative estimate of drug-likeness (QED) is 0.573. The molecule has 0 aliphatic heterocycles. The summed E-state index contributed by atoms with van der Waals surface area (Å²) in [6.07, 6.45) is 3.17. The van der Waals surface area contributed by atoms with E-state index in [1.165, 1.54) is 6.20 Å². The Morgan fingerprint density at radius 2 is 1.58 bits per heavy atom. The summed E-state index contributed by atoms with van der Waals surface area (Å²) in [6.45, 7) is 0.480. The first kappa shape index (κ1) is 16.0. The van der Waals surface area contributed by atoms with Gasteiger partial charge in [-0.2, -0.15) is 27.6 Å². The molecule has 0 amide bonds. The van der Waals surface area contributed by atoms with E-state index in [0.717, 1.165) is 5.56 Å². The maximum absolute atomic E-state index is 13.5. The molecule has 0 spiro atoms. The molecule has 24 heavy (non-hydrogen) atoms. The Morgan fingerprint density at radius 3 is 2.25 bits per heavy atom. The Balaban J connectivity index is 1.70. The van der Waals surface area contributed by atoms with Crippen LogP contribution in [-0.4, -0.2) is 14.8 Å². The fourth-order valence-electron chi connectivity index (χ4n) is 2.19. The lowest BCUT2D eigenvalue weighted by atomic mass is 10.2. The molecule has 4 nitrogen and oxygen atoms in total. The van der Waals surface area contributed by atoms with E-state index in [9.17, 15) is 17.6 Å². The van der Waals surface area contributed by atoms with Crippen molar-refractivity contribution in [3.8, 4) is 0 Å². The van der Waals surface area contributed by atoms with Gasteiger partial charge in [-0.25, -0.2) is 0 Å².